The number of non-ortho nitro benzene ring substituents is 1. The Balaban J connectivity index is 2.25. The number of nitro benzene ring substituents is 1. The summed E-state index contributed by atoms with van der Waals surface area (Å²) in [4.78, 5) is 14.9. The van der Waals surface area contributed by atoms with Crippen molar-refractivity contribution in [2.75, 3.05) is 25.1 Å². The second kappa shape index (κ2) is 6.99. The first-order chi connectivity index (χ1) is 10.1. The van der Waals surface area contributed by atoms with E-state index < -0.39 is 0 Å². The van der Waals surface area contributed by atoms with Crippen LogP contribution in [-0.2, 0) is 4.74 Å². The number of aryl methyl sites for hydroxylation is 1. The molecule has 0 fully saturated rings. The van der Waals surface area contributed by atoms with Crippen molar-refractivity contribution in [3.8, 4) is 0 Å². The Morgan fingerprint density at radius 2 is 2.19 bits per heavy atom. The number of ether oxygens (including phenoxy) is 1. The van der Waals surface area contributed by atoms with E-state index in [2.05, 4.69) is 10.3 Å². The fraction of sp³-hybridized carbons (Fsp3) is 0.400. The lowest BCUT2D eigenvalue weighted by atomic mass is 10.1. The molecule has 1 aromatic carbocycles. The number of nitro groups is 1. The van der Waals surface area contributed by atoms with E-state index in [1.807, 2.05) is 19.9 Å². The molecule has 2 rings (SSSR count). The molecule has 0 saturated heterocycles. The molecule has 0 unspecified atom stereocenters. The van der Waals surface area contributed by atoms with Crippen LogP contribution in [0, 0.1) is 17.0 Å². The van der Waals surface area contributed by atoms with Gasteiger partial charge in [-0.25, -0.2) is 0 Å². The molecule has 6 nitrogen and oxygen atoms in total. The number of pyridine rings is 1. The topological polar surface area (TPSA) is 77.3 Å². The number of hydrogen-bond acceptors (Lipinski definition) is 5. The normalized spacial score (nSPS) is 10.8. The second-order valence-electron chi connectivity index (χ2n) is 4.74. The van der Waals surface area contributed by atoms with Crippen molar-refractivity contribution in [3.63, 3.8) is 0 Å². The van der Waals surface area contributed by atoms with E-state index in [0.29, 0.717) is 18.6 Å². The zero-order valence-corrected chi connectivity index (χ0v) is 12.3. The first kappa shape index (κ1) is 15.2. The minimum absolute atomic E-state index is 0.0809. The van der Waals surface area contributed by atoms with Crippen LogP contribution in [0.3, 0.4) is 0 Å². The maximum Gasteiger partial charge on any atom is 0.278 e. The Labute approximate surface area is 123 Å². The van der Waals surface area contributed by atoms with Crippen LogP contribution >= 0.6 is 0 Å². The first-order valence-electron chi connectivity index (χ1n) is 6.99. The Bertz CT molecular complexity index is 643. The van der Waals surface area contributed by atoms with Gasteiger partial charge in [-0.1, -0.05) is 0 Å². The highest BCUT2D eigenvalue weighted by molar-refractivity contribution is 5.99. The summed E-state index contributed by atoms with van der Waals surface area (Å²) >= 11 is 0. The minimum Gasteiger partial charge on any atom is -0.384 e. The predicted octanol–water partition coefficient (Wildman–Crippen LogP) is 3.29. The minimum atomic E-state index is -0.377. The van der Waals surface area contributed by atoms with Crippen LogP contribution < -0.4 is 5.32 Å². The van der Waals surface area contributed by atoms with Gasteiger partial charge in [-0.2, -0.15) is 0 Å². The van der Waals surface area contributed by atoms with Crippen LogP contribution in [0.5, 0.6) is 0 Å². The molecule has 0 aliphatic carbocycles. The van der Waals surface area contributed by atoms with E-state index in [9.17, 15) is 10.1 Å². The largest absolute Gasteiger partial charge is 0.384 e. The van der Waals surface area contributed by atoms with E-state index in [1.165, 1.54) is 6.07 Å². The van der Waals surface area contributed by atoms with Crippen molar-refractivity contribution in [1.82, 2.24) is 4.98 Å². The van der Waals surface area contributed by atoms with Gasteiger partial charge in [0.1, 0.15) is 0 Å². The maximum absolute atomic E-state index is 11.1. The Morgan fingerprint density at radius 1 is 1.38 bits per heavy atom. The summed E-state index contributed by atoms with van der Waals surface area (Å²) in [6.07, 6.45) is 2.45. The fourth-order valence-electron chi connectivity index (χ4n) is 2.18. The Morgan fingerprint density at radius 3 is 2.90 bits per heavy atom. The number of benzene rings is 1. The van der Waals surface area contributed by atoms with Crippen LogP contribution in [0.1, 0.15) is 19.0 Å². The molecule has 2 aromatic rings. The molecule has 0 aliphatic rings. The molecule has 112 valence electrons. The van der Waals surface area contributed by atoms with E-state index >= 15 is 0 Å². The van der Waals surface area contributed by atoms with Gasteiger partial charge >= 0.3 is 0 Å². The number of nitrogens with zero attached hydrogens (tertiary/aromatic N) is 2. The summed E-state index contributed by atoms with van der Waals surface area (Å²) in [5.74, 6) is 0. The average Bonchev–Trinajstić information content (AvgIpc) is 2.46. The summed E-state index contributed by atoms with van der Waals surface area (Å²) in [5.41, 5.74) is 1.80. The molecule has 1 N–H and O–H groups in total. The van der Waals surface area contributed by atoms with Crippen molar-refractivity contribution in [2.24, 2.45) is 0 Å². The summed E-state index contributed by atoms with van der Waals surface area (Å²) < 4.78 is 5.29. The van der Waals surface area contributed by atoms with Crippen LogP contribution in [0.25, 0.3) is 10.8 Å². The molecule has 0 amide bonds. The fourth-order valence-corrected chi connectivity index (χ4v) is 2.18. The van der Waals surface area contributed by atoms with Crippen LogP contribution in [-0.4, -0.2) is 29.7 Å². The van der Waals surface area contributed by atoms with Crippen LogP contribution in [0.2, 0.25) is 0 Å². The molecule has 0 radical (unpaired) electrons. The van der Waals surface area contributed by atoms with Crippen LogP contribution in [0.15, 0.2) is 24.4 Å². The lowest BCUT2D eigenvalue weighted by molar-refractivity contribution is -0.383. The predicted molar refractivity (Wildman–Crippen MR) is 82.7 cm³/mol. The zero-order chi connectivity index (χ0) is 15.2. The molecular weight excluding hydrogens is 270 g/mol. The Kier molecular flexibility index (Phi) is 5.05. The number of nitrogens with one attached hydrogen (secondary N) is 1. The summed E-state index contributed by atoms with van der Waals surface area (Å²) in [6.45, 7) is 6.01. The van der Waals surface area contributed by atoms with Crippen molar-refractivity contribution in [1.29, 1.82) is 0 Å². The van der Waals surface area contributed by atoms with Gasteiger partial charge in [0.25, 0.3) is 5.69 Å². The van der Waals surface area contributed by atoms with Gasteiger partial charge in [0.2, 0.25) is 0 Å². The van der Waals surface area contributed by atoms with Gasteiger partial charge < -0.3 is 10.1 Å². The van der Waals surface area contributed by atoms with Gasteiger partial charge in [0, 0.05) is 48.8 Å². The SMILES string of the molecule is CCOCCCNc1ccc([N+](=O)[O-])c2cnc(C)cc12. The molecule has 0 saturated carbocycles. The highest BCUT2D eigenvalue weighted by atomic mass is 16.6. The highest BCUT2D eigenvalue weighted by Crippen LogP contribution is 2.31. The third-order valence-electron chi connectivity index (χ3n) is 3.20. The van der Waals surface area contributed by atoms with Gasteiger partial charge in [-0.3, -0.25) is 15.1 Å². The summed E-state index contributed by atoms with van der Waals surface area (Å²) in [7, 11) is 0. The third kappa shape index (κ3) is 3.66. The second-order valence-corrected chi connectivity index (χ2v) is 4.74. The number of rotatable bonds is 7. The molecule has 0 aliphatic heterocycles. The number of hydrogen-bond donors (Lipinski definition) is 1. The monoisotopic (exact) mass is 289 g/mol. The van der Waals surface area contributed by atoms with Gasteiger partial charge in [-0.05, 0) is 32.4 Å². The lowest BCUT2D eigenvalue weighted by Crippen LogP contribution is -2.06. The molecule has 0 bridgehead atoms. The van der Waals surface area contributed by atoms with Gasteiger partial charge in [0.15, 0.2) is 0 Å². The molecular formula is C15H19N3O3. The molecule has 1 aromatic heterocycles. The molecule has 6 heteroatoms. The smallest absolute Gasteiger partial charge is 0.278 e. The number of fused-ring (bicyclic) bond motifs is 1. The third-order valence-corrected chi connectivity index (χ3v) is 3.20. The number of anilines is 1. The quantitative estimate of drug-likeness (QED) is 0.481. The Hall–Kier alpha value is -2.21. The van der Waals surface area contributed by atoms with Crippen molar-refractivity contribution >= 4 is 22.1 Å². The average molecular weight is 289 g/mol. The van der Waals surface area contributed by atoms with E-state index in [0.717, 1.165) is 29.7 Å². The summed E-state index contributed by atoms with van der Waals surface area (Å²) in [6, 6.07) is 5.14. The van der Waals surface area contributed by atoms with E-state index in [1.54, 1.807) is 12.3 Å². The highest BCUT2D eigenvalue weighted by Gasteiger charge is 2.14. The molecule has 0 atom stereocenters. The summed E-state index contributed by atoms with van der Waals surface area (Å²) in [5, 5.41) is 15.8. The first-order valence-corrected chi connectivity index (χ1v) is 6.99. The van der Waals surface area contributed by atoms with Crippen molar-refractivity contribution in [2.45, 2.75) is 20.3 Å². The zero-order valence-electron chi connectivity index (χ0n) is 12.3. The van der Waals surface area contributed by atoms with Crippen molar-refractivity contribution in [3.05, 3.63) is 40.2 Å². The standard InChI is InChI=1S/C15H19N3O3/c1-3-21-8-4-7-16-14-5-6-15(18(19)20)13-10-17-11(2)9-12(13)14/h5-6,9-10,16H,3-4,7-8H2,1-2H3. The number of aromatic nitrogens is 1. The van der Waals surface area contributed by atoms with Gasteiger partial charge in [-0.15, -0.1) is 0 Å². The maximum atomic E-state index is 11.1. The lowest BCUT2D eigenvalue weighted by Gasteiger charge is -2.10. The van der Waals surface area contributed by atoms with Gasteiger partial charge in [0.05, 0.1) is 10.3 Å². The van der Waals surface area contributed by atoms with Crippen molar-refractivity contribution < 1.29 is 9.66 Å². The molecule has 0 spiro atoms. The van der Waals surface area contributed by atoms with Crippen LogP contribution in [0.4, 0.5) is 11.4 Å². The van der Waals surface area contributed by atoms with E-state index in [4.69, 9.17) is 4.74 Å². The van der Waals surface area contributed by atoms with E-state index in [-0.39, 0.29) is 10.6 Å². The molecule has 1 heterocycles. The molecule has 21 heavy (non-hydrogen) atoms.